The molecule has 0 spiro atoms. The molecule has 124 valence electrons. The van der Waals surface area contributed by atoms with Gasteiger partial charge in [-0.15, -0.1) is 13.2 Å². The third kappa shape index (κ3) is 4.11. The minimum absolute atomic E-state index is 0.186. The summed E-state index contributed by atoms with van der Waals surface area (Å²) in [6, 6.07) is 4.38. The summed E-state index contributed by atoms with van der Waals surface area (Å²) in [4.78, 5) is -0.230. The molecular formula is C13H16F3NO4S. The van der Waals surface area contributed by atoms with Gasteiger partial charge >= 0.3 is 6.36 Å². The smallest absolute Gasteiger partial charge is 0.406 e. The van der Waals surface area contributed by atoms with Crippen molar-refractivity contribution in [1.82, 2.24) is 4.31 Å². The Bertz CT molecular complexity index is 618. The first-order chi connectivity index (χ1) is 10.2. The first-order valence-electron chi connectivity index (χ1n) is 6.70. The van der Waals surface area contributed by atoms with Crippen LogP contribution in [0.15, 0.2) is 29.2 Å². The molecule has 1 aromatic rings. The Labute approximate surface area is 126 Å². The molecule has 1 fully saturated rings. The van der Waals surface area contributed by atoms with Crippen LogP contribution in [0.2, 0.25) is 0 Å². The second kappa shape index (κ2) is 6.43. The van der Waals surface area contributed by atoms with Gasteiger partial charge in [-0.2, -0.15) is 4.31 Å². The average Bonchev–Trinajstić information content (AvgIpc) is 2.87. The molecule has 1 aliphatic heterocycles. The van der Waals surface area contributed by atoms with Crippen molar-refractivity contribution in [1.29, 1.82) is 0 Å². The first kappa shape index (κ1) is 17.0. The molecule has 1 aliphatic rings. The van der Waals surface area contributed by atoms with Crippen LogP contribution < -0.4 is 4.74 Å². The maximum atomic E-state index is 12.4. The quantitative estimate of drug-likeness (QED) is 0.827. The molecule has 5 nitrogen and oxygen atoms in total. The predicted molar refractivity (Wildman–Crippen MR) is 71.9 cm³/mol. The van der Waals surface area contributed by atoms with Crippen LogP contribution in [0.3, 0.4) is 0 Å². The molecule has 22 heavy (non-hydrogen) atoms. The highest BCUT2D eigenvalue weighted by Crippen LogP contribution is 2.28. The molecular weight excluding hydrogens is 323 g/mol. The molecule has 0 radical (unpaired) electrons. The number of rotatable bonds is 5. The fraction of sp³-hybridized carbons (Fsp3) is 0.538. The van der Waals surface area contributed by atoms with Gasteiger partial charge in [-0.3, -0.25) is 0 Å². The highest BCUT2D eigenvalue weighted by Gasteiger charge is 2.34. The van der Waals surface area contributed by atoms with Crippen molar-refractivity contribution in [3.05, 3.63) is 24.3 Å². The van der Waals surface area contributed by atoms with Gasteiger partial charge in [0, 0.05) is 25.8 Å². The van der Waals surface area contributed by atoms with E-state index in [9.17, 15) is 21.6 Å². The monoisotopic (exact) mass is 339 g/mol. The first-order valence-corrected chi connectivity index (χ1v) is 8.14. The van der Waals surface area contributed by atoms with Gasteiger partial charge in [0.1, 0.15) is 5.75 Å². The Morgan fingerprint density at radius 3 is 2.73 bits per heavy atom. The third-order valence-electron chi connectivity index (χ3n) is 3.19. The predicted octanol–water partition coefficient (Wildman–Crippen LogP) is 2.38. The molecule has 0 N–H and O–H groups in total. The fourth-order valence-electron chi connectivity index (χ4n) is 2.27. The number of halogens is 3. The second-order valence-corrected chi connectivity index (χ2v) is 6.69. The molecule has 1 aromatic carbocycles. The minimum Gasteiger partial charge on any atom is -0.406 e. The van der Waals surface area contributed by atoms with Crippen molar-refractivity contribution in [2.45, 2.75) is 30.7 Å². The number of nitrogens with zero attached hydrogens (tertiary/aromatic N) is 1. The van der Waals surface area contributed by atoms with E-state index < -0.39 is 22.1 Å². The Kier molecular flexibility index (Phi) is 4.98. The summed E-state index contributed by atoms with van der Waals surface area (Å²) in [6.45, 7) is 2.76. The Morgan fingerprint density at radius 1 is 1.36 bits per heavy atom. The molecule has 0 aliphatic carbocycles. The van der Waals surface area contributed by atoms with Gasteiger partial charge in [-0.25, -0.2) is 8.42 Å². The van der Waals surface area contributed by atoms with E-state index in [1.807, 2.05) is 6.92 Å². The van der Waals surface area contributed by atoms with Crippen molar-refractivity contribution in [3.63, 3.8) is 0 Å². The van der Waals surface area contributed by atoms with Crippen molar-refractivity contribution >= 4 is 10.0 Å². The molecule has 1 saturated heterocycles. The highest BCUT2D eigenvalue weighted by atomic mass is 32.2. The second-order valence-electron chi connectivity index (χ2n) is 4.75. The Balaban J connectivity index is 2.18. The van der Waals surface area contributed by atoms with E-state index in [1.165, 1.54) is 16.4 Å². The van der Waals surface area contributed by atoms with Crippen LogP contribution in [0.1, 0.15) is 13.3 Å². The normalized spacial score (nSPS) is 20.3. The van der Waals surface area contributed by atoms with Crippen LogP contribution in [0, 0.1) is 0 Å². The molecule has 0 saturated carbocycles. The summed E-state index contributed by atoms with van der Waals surface area (Å²) in [7, 11) is -3.86. The molecule has 2 rings (SSSR count). The van der Waals surface area contributed by atoms with E-state index in [0.717, 1.165) is 12.1 Å². The van der Waals surface area contributed by atoms with E-state index in [1.54, 1.807) is 0 Å². The van der Waals surface area contributed by atoms with Crippen LogP contribution >= 0.6 is 0 Å². The largest absolute Gasteiger partial charge is 0.573 e. The zero-order chi connectivity index (χ0) is 16.4. The summed E-state index contributed by atoms with van der Waals surface area (Å²) >= 11 is 0. The van der Waals surface area contributed by atoms with Gasteiger partial charge in [-0.1, -0.05) is 6.07 Å². The van der Waals surface area contributed by atoms with Crippen LogP contribution in [-0.2, 0) is 14.8 Å². The maximum absolute atomic E-state index is 12.4. The van der Waals surface area contributed by atoms with E-state index in [0.29, 0.717) is 13.0 Å². The molecule has 1 atom stereocenters. The van der Waals surface area contributed by atoms with E-state index in [4.69, 9.17) is 4.74 Å². The fourth-order valence-corrected chi connectivity index (χ4v) is 3.79. The number of alkyl halides is 3. The lowest BCUT2D eigenvalue weighted by molar-refractivity contribution is -0.274. The average molecular weight is 339 g/mol. The SMILES string of the molecule is CCO[C@@H]1CCN(S(=O)(=O)c2cccc(OC(F)(F)F)c2)C1. The van der Waals surface area contributed by atoms with Crippen molar-refractivity contribution < 1.29 is 31.1 Å². The van der Waals surface area contributed by atoms with Crippen LogP contribution in [0.25, 0.3) is 0 Å². The van der Waals surface area contributed by atoms with E-state index in [-0.39, 0.29) is 24.1 Å². The number of hydrogen-bond donors (Lipinski definition) is 0. The molecule has 1 heterocycles. The molecule has 0 unspecified atom stereocenters. The van der Waals surface area contributed by atoms with Crippen LogP contribution in [0.4, 0.5) is 13.2 Å². The number of sulfonamides is 1. The summed E-state index contributed by atoms with van der Waals surface area (Å²) in [5.41, 5.74) is 0. The molecule has 0 aromatic heterocycles. The van der Waals surface area contributed by atoms with Gasteiger partial charge in [0.05, 0.1) is 11.0 Å². The summed E-state index contributed by atoms with van der Waals surface area (Å²) in [5, 5.41) is 0. The zero-order valence-corrected chi connectivity index (χ0v) is 12.7. The lowest BCUT2D eigenvalue weighted by atomic mass is 10.3. The molecule has 9 heteroatoms. The van der Waals surface area contributed by atoms with Gasteiger partial charge in [0.25, 0.3) is 0 Å². The van der Waals surface area contributed by atoms with Crippen LogP contribution in [0.5, 0.6) is 5.75 Å². The number of hydrogen-bond acceptors (Lipinski definition) is 4. The van der Waals surface area contributed by atoms with Crippen molar-refractivity contribution in [2.75, 3.05) is 19.7 Å². The maximum Gasteiger partial charge on any atom is 0.573 e. The van der Waals surface area contributed by atoms with Gasteiger partial charge < -0.3 is 9.47 Å². The summed E-state index contributed by atoms with van der Waals surface area (Å²) in [5.74, 6) is -0.561. The number of benzene rings is 1. The van der Waals surface area contributed by atoms with Crippen molar-refractivity contribution in [3.8, 4) is 5.75 Å². The lowest BCUT2D eigenvalue weighted by Crippen LogP contribution is -2.30. The molecule has 0 bridgehead atoms. The standard InChI is InChI=1S/C13H16F3NO4S/c1-2-20-11-6-7-17(9-11)22(18,19)12-5-3-4-10(8-12)21-13(14,15)16/h3-5,8,11H,2,6-7,9H2,1H3/t11-/m1/s1. The van der Waals surface area contributed by atoms with Gasteiger partial charge in [-0.05, 0) is 25.5 Å². The van der Waals surface area contributed by atoms with Crippen molar-refractivity contribution in [2.24, 2.45) is 0 Å². The minimum atomic E-state index is -4.86. The van der Waals surface area contributed by atoms with Gasteiger partial charge in [0.2, 0.25) is 10.0 Å². The third-order valence-corrected chi connectivity index (χ3v) is 5.05. The topological polar surface area (TPSA) is 55.8 Å². The number of ether oxygens (including phenoxy) is 2. The lowest BCUT2D eigenvalue weighted by Gasteiger charge is -2.17. The summed E-state index contributed by atoms with van der Waals surface area (Å²) < 4.78 is 71.8. The zero-order valence-electron chi connectivity index (χ0n) is 11.8. The Morgan fingerprint density at radius 2 is 2.09 bits per heavy atom. The highest BCUT2D eigenvalue weighted by molar-refractivity contribution is 7.89. The van der Waals surface area contributed by atoms with Gasteiger partial charge in [0.15, 0.2) is 0 Å². The van der Waals surface area contributed by atoms with E-state index >= 15 is 0 Å². The van der Waals surface area contributed by atoms with E-state index in [2.05, 4.69) is 4.74 Å². The van der Waals surface area contributed by atoms with Crippen LogP contribution in [-0.4, -0.2) is 44.9 Å². The summed E-state index contributed by atoms with van der Waals surface area (Å²) in [6.07, 6.45) is -4.49. The Hall–Kier alpha value is -1.32. The molecule has 0 amide bonds.